The molecule has 0 unspecified atom stereocenters. The number of benzene rings is 2. The fourth-order valence-corrected chi connectivity index (χ4v) is 2.92. The van der Waals surface area contributed by atoms with Gasteiger partial charge in [-0.05, 0) is 42.5 Å². The van der Waals surface area contributed by atoms with Gasteiger partial charge in [-0.15, -0.1) is 0 Å². The molecule has 0 bridgehead atoms. The molecule has 0 amide bonds. The number of hydrogen-bond acceptors (Lipinski definition) is 7. The van der Waals surface area contributed by atoms with Crippen molar-refractivity contribution in [2.45, 2.75) is 0 Å². The van der Waals surface area contributed by atoms with Crippen molar-refractivity contribution >= 4 is 17.8 Å². The summed E-state index contributed by atoms with van der Waals surface area (Å²) in [6.07, 6.45) is 3.02. The number of ketones is 1. The van der Waals surface area contributed by atoms with Gasteiger partial charge in [0.2, 0.25) is 12.6 Å². The summed E-state index contributed by atoms with van der Waals surface area (Å²) in [5.41, 5.74) is 0.709. The molecule has 0 saturated heterocycles. The predicted octanol–water partition coefficient (Wildman–Crippen LogP) is 3.84. The first-order chi connectivity index (χ1) is 13.7. The van der Waals surface area contributed by atoms with Crippen LogP contribution in [0.1, 0.15) is 26.5 Å². The van der Waals surface area contributed by atoms with Gasteiger partial charge in [0.05, 0.1) is 17.4 Å². The monoisotopic (exact) mass is 376 g/mol. The lowest BCUT2D eigenvalue weighted by Gasteiger charge is -2.06. The molecule has 0 spiro atoms. The smallest absolute Gasteiger partial charge is 0.343 e. The van der Waals surface area contributed by atoms with Crippen LogP contribution in [0.4, 0.5) is 0 Å². The third kappa shape index (κ3) is 2.79. The molecule has 28 heavy (non-hydrogen) atoms. The number of furan rings is 1. The van der Waals surface area contributed by atoms with Crippen molar-refractivity contribution in [1.82, 2.24) is 0 Å². The number of fused-ring (bicyclic) bond motifs is 2. The zero-order chi connectivity index (χ0) is 19.1. The second-order valence-corrected chi connectivity index (χ2v) is 6.07. The minimum atomic E-state index is -0.561. The van der Waals surface area contributed by atoms with Gasteiger partial charge in [-0.1, -0.05) is 0 Å². The Balaban J connectivity index is 1.36. The minimum Gasteiger partial charge on any atom is -0.465 e. The third-order valence-electron chi connectivity index (χ3n) is 4.28. The Hall–Kier alpha value is -4.00. The molecular weight excluding hydrogens is 364 g/mol. The molecular formula is C21H12O7. The first-order valence-electron chi connectivity index (χ1n) is 8.41. The van der Waals surface area contributed by atoms with Gasteiger partial charge in [0, 0.05) is 12.1 Å². The maximum atomic E-state index is 12.4. The lowest BCUT2D eigenvalue weighted by Crippen LogP contribution is -2.08. The van der Waals surface area contributed by atoms with Crippen molar-refractivity contribution in [3.05, 3.63) is 77.4 Å². The van der Waals surface area contributed by atoms with E-state index in [1.807, 2.05) is 0 Å². The number of Topliss-reactive ketones (excluding diaryl/α,β-unsaturated/α-hetero) is 1. The van der Waals surface area contributed by atoms with Crippen LogP contribution in [-0.2, 0) is 0 Å². The Morgan fingerprint density at radius 3 is 2.75 bits per heavy atom. The van der Waals surface area contributed by atoms with Crippen molar-refractivity contribution in [2.75, 3.05) is 6.79 Å². The maximum absolute atomic E-state index is 12.4. The third-order valence-corrected chi connectivity index (χ3v) is 4.28. The quantitative estimate of drug-likeness (QED) is 0.390. The van der Waals surface area contributed by atoms with E-state index in [2.05, 4.69) is 0 Å². The van der Waals surface area contributed by atoms with E-state index in [4.69, 9.17) is 23.4 Å². The summed E-state index contributed by atoms with van der Waals surface area (Å²) >= 11 is 0. The largest absolute Gasteiger partial charge is 0.465 e. The zero-order valence-electron chi connectivity index (χ0n) is 14.3. The average molecular weight is 376 g/mol. The Kier molecular flexibility index (Phi) is 3.65. The first kappa shape index (κ1) is 16.2. The molecule has 0 fully saturated rings. The van der Waals surface area contributed by atoms with Crippen molar-refractivity contribution in [1.29, 1.82) is 0 Å². The van der Waals surface area contributed by atoms with E-state index >= 15 is 0 Å². The maximum Gasteiger partial charge on any atom is 0.343 e. The standard InChI is InChI=1S/C21H12O7/c22-20-15-5-4-14(10-17(15)28-19(20)9-13-2-1-7-24-13)27-21(23)12-3-6-16-18(8-12)26-11-25-16/h1-10H,11H2. The van der Waals surface area contributed by atoms with E-state index in [-0.39, 0.29) is 24.1 Å². The molecule has 0 saturated carbocycles. The van der Waals surface area contributed by atoms with E-state index in [9.17, 15) is 9.59 Å². The van der Waals surface area contributed by atoms with E-state index < -0.39 is 5.97 Å². The highest BCUT2D eigenvalue weighted by molar-refractivity contribution is 6.14. The second kappa shape index (κ2) is 6.31. The van der Waals surface area contributed by atoms with E-state index in [1.165, 1.54) is 18.4 Å². The molecule has 7 heteroatoms. The van der Waals surface area contributed by atoms with E-state index in [1.54, 1.807) is 42.5 Å². The molecule has 0 radical (unpaired) electrons. The van der Waals surface area contributed by atoms with Gasteiger partial charge in [-0.25, -0.2) is 4.79 Å². The molecule has 0 aliphatic carbocycles. The molecule has 2 aliphatic rings. The van der Waals surface area contributed by atoms with E-state index in [0.29, 0.717) is 34.1 Å². The fourth-order valence-electron chi connectivity index (χ4n) is 2.92. The summed E-state index contributed by atoms with van der Waals surface area (Å²) < 4.78 is 26.7. The Morgan fingerprint density at radius 1 is 1.00 bits per heavy atom. The summed E-state index contributed by atoms with van der Waals surface area (Å²) in [6, 6.07) is 12.8. The van der Waals surface area contributed by atoms with Crippen LogP contribution in [0.3, 0.4) is 0 Å². The number of carbonyl (C=O) groups is 2. The van der Waals surface area contributed by atoms with Crippen LogP contribution >= 0.6 is 0 Å². The van der Waals surface area contributed by atoms with Crippen molar-refractivity contribution in [3.63, 3.8) is 0 Å². The van der Waals surface area contributed by atoms with Crippen LogP contribution in [-0.4, -0.2) is 18.5 Å². The summed E-state index contributed by atoms with van der Waals surface area (Å²) in [5.74, 6) is 1.47. The van der Waals surface area contributed by atoms with Gasteiger partial charge in [0.1, 0.15) is 17.3 Å². The number of hydrogen-bond donors (Lipinski definition) is 0. The highest BCUT2D eigenvalue weighted by Gasteiger charge is 2.28. The molecule has 3 heterocycles. The van der Waals surface area contributed by atoms with Gasteiger partial charge in [0.15, 0.2) is 17.3 Å². The van der Waals surface area contributed by atoms with Crippen LogP contribution in [0.15, 0.2) is 65.0 Å². The topological polar surface area (TPSA) is 84.2 Å². The Morgan fingerprint density at radius 2 is 1.89 bits per heavy atom. The van der Waals surface area contributed by atoms with Gasteiger partial charge >= 0.3 is 5.97 Å². The molecule has 7 nitrogen and oxygen atoms in total. The van der Waals surface area contributed by atoms with E-state index in [0.717, 1.165) is 0 Å². The molecule has 2 aromatic carbocycles. The lowest BCUT2D eigenvalue weighted by atomic mass is 10.1. The number of rotatable bonds is 3. The van der Waals surface area contributed by atoms with Crippen LogP contribution in [0.25, 0.3) is 6.08 Å². The number of ether oxygens (including phenoxy) is 4. The van der Waals surface area contributed by atoms with Crippen molar-refractivity contribution in [3.8, 4) is 23.0 Å². The summed E-state index contributed by atoms with van der Waals surface area (Å²) in [6.45, 7) is 0.123. The SMILES string of the molecule is O=C(Oc1ccc2c(c1)OC(=Cc1ccco1)C2=O)c1ccc2c(c1)OCO2. The molecule has 0 atom stereocenters. The first-order valence-corrected chi connectivity index (χ1v) is 8.41. The van der Waals surface area contributed by atoms with Crippen molar-refractivity contribution < 1.29 is 33.0 Å². The van der Waals surface area contributed by atoms with Crippen molar-refractivity contribution in [2.24, 2.45) is 0 Å². The summed E-state index contributed by atoms with van der Waals surface area (Å²) in [7, 11) is 0. The lowest BCUT2D eigenvalue weighted by molar-refractivity contribution is 0.0734. The van der Waals surface area contributed by atoms with Crippen LogP contribution in [0, 0.1) is 0 Å². The van der Waals surface area contributed by atoms with Crippen LogP contribution < -0.4 is 18.9 Å². The molecule has 2 aliphatic heterocycles. The highest BCUT2D eigenvalue weighted by Crippen LogP contribution is 2.36. The molecule has 3 aromatic rings. The second-order valence-electron chi connectivity index (χ2n) is 6.07. The van der Waals surface area contributed by atoms with Gasteiger partial charge < -0.3 is 23.4 Å². The Bertz CT molecular complexity index is 1130. The molecule has 5 rings (SSSR count). The van der Waals surface area contributed by atoms with Crippen LogP contribution in [0.5, 0.6) is 23.0 Å². The average Bonchev–Trinajstić information content (AvgIpc) is 3.43. The zero-order valence-corrected chi connectivity index (χ0v) is 14.3. The van der Waals surface area contributed by atoms with Gasteiger partial charge in [-0.2, -0.15) is 0 Å². The highest BCUT2D eigenvalue weighted by atomic mass is 16.7. The molecule has 1 aromatic heterocycles. The molecule has 138 valence electrons. The number of allylic oxidation sites excluding steroid dienone is 1. The normalized spacial score (nSPS) is 15.4. The Labute approximate surface area is 158 Å². The summed E-state index contributed by atoms with van der Waals surface area (Å²) in [5, 5.41) is 0. The summed E-state index contributed by atoms with van der Waals surface area (Å²) in [4.78, 5) is 24.8. The molecule has 0 N–H and O–H groups in total. The van der Waals surface area contributed by atoms with Crippen LogP contribution in [0.2, 0.25) is 0 Å². The number of esters is 1. The fraction of sp³-hybridized carbons (Fsp3) is 0.0476. The van der Waals surface area contributed by atoms with Gasteiger partial charge in [-0.3, -0.25) is 4.79 Å². The van der Waals surface area contributed by atoms with Gasteiger partial charge in [0.25, 0.3) is 0 Å². The minimum absolute atomic E-state index is 0.123. The predicted molar refractivity (Wildman–Crippen MR) is 95.6 cm³/mol. The number of carbonyl (C=O) groups excluding carboxylic acids is 2.